The Morgan fingerprint density at radius 1 is 0.436 bits per heavy atom. The molecule has 0 radical (unpaired) electrons. The molecule has 0 bridgehead atoms. The number of hydrogen-bond donors (Lipinski definition) is 0. The topological polar surface area (TPSA) is 42.9 Å². The first-order chi connectivity index (χ1) is 27.2. The first-order valence-corrected chi connectivity index (χ1v) is 18.3. The summed E-state index contributed by atoms with van der Waals surface area (Å²) in [5.74, 6) is 0. The standard InChI is InChI=1S/C50H29N5/c1-52-50-35(33-25-27-34(28-26-33)53-41-17-6-2-12-36(41)37-13-3-7-18-42(37)53)16-10-23-48(50)55-44-20-9-5-15-39(44)49-46(21-11-22-47(49)55)54-43-19-8-4-14-38(43)40-30-32(31-51)24-29-45(40)54/h2-30H. The number of fused-ring (bicyclic) bond motifs is 9. The van der Waals surface area contributed by atoms with Crippen LogP contribution in [0.1, 0.15) is 5.56 Å². The predicted octanol–water partition coefficient (Wildman–Crippen LogP) is 13.1. The van der Waals surface area contributed by atoms with Crippen molar-refractivity contribution >= 4 is 71.1 Å². The molecular weight excluding hydrogens is 671 g/mol. The zero-order valence-electron chi connectivity index (χ0n) is 29.5. The molecule has 0 aliphatic heterocycles. The van der Waals surface area contributed by atoms with Crippen molar-refractivity contribution in [2.45, 2.75) is 0 Å². The van der Waals surface area contributed by atoms with Crippen LogP contribution in [0.3, 0.4) is 0 Å². The Morgan fingerprint density at radius 3 is 1.60 bits per heavy atom. The SMILES string of the molecule is [C-]#[N+]c1c(-c2ccc(-n3c4ccccc4c4ccccc43)cc2)cccc1-n1c2ccccc2c2c(-n3c4ccccc4c4cc(C#N)ccc43)cccc21. The highest BCUT2D eigenvalue weighted by atomic mass is 15.0. The maximum atomic E-state index is 9.74. The molecule has 0 fully saturated rings. The third-order valence-corrected chi connectivity index (χ3v) is 11.1. The van der Waals surface area contributed by atoms with Gasteiger partial charge in [0.1, 0.15) is 0 Å². The minimum Gasteiger partial charge on any atom is -0.319 e. The van der Waals surface area contributed by atoms with Gasteiger partial charge in [0.05, 0.1) is 62.7 Å². The van der Waals surface area contributed by atoms with E-state index in [4.69, 9.17) is 6.57 Å². The van der Waals surface area contributed by atoms with Crippen LogP contribution in [-0.2, 0) is 0 Å². The van der Waals surface area contributed by atoms with Crippen molar-refractivity contribution in [1.82, 2.24) is 13.7 Å². The minimum atomic E-state index is 0.598. The number of benzene rings is 8. The summed E-state index contributed by atoms with van der Waals surface area (Å²) in [5, 5.41) is 16.5. The summed E-state index contributed by atoms with van der Waals surface area (Å²) in [7, 11) is 0. The van der Waals surface area contributed by atoms with Gasteiger partial charge < -0.3 is 13.7 Å². The predicted molar refractivity (Wildman–Crippen MR) is 226 cm³/mol. The van der Waals surface area contributed by atoms with Crippen LogP contribution in [0.25, 0.3) is 98.5 Å². The molecule has 0 aliphatic rings. The first kappa shape index (κ1) is 30.7. The summed E-state index contributed by atoms with van der Waals surface area (Å²) in [5.41, 5.74) is 12.6. The van der Waals surface area contributed by atoms with Gasteiger partial charge in [0.15, 0.2) is 0 Å². The largest absolute Gasteiger partial charge is 0.319 e. The number of para-hydroxylation sites is 5. The van der Waals surface area contributed by atoms with E-state index in [1.54, 1.807) is 0 Å². The van der Waals surface area contributed by atoms with Crippen LogP contribution in [-0.4, -0.2) is 13.7 Å². The van der Waals surface area contributed by atoms with Crippen molar-refractivity contribution in [3.8, 4) is 34.3 Å². The van der Waals surface area contributed by atoms with E-state index in [2.05, 4.69) is 188 Å². The van der Waals surface area contributed by atoms with Crippen molar-refractivity contribution in [2.75, 3.05) is 0 Å². The molecule has 8 aromatic carbocycles. The van der Waals surface area contributed by atoms with Crippen LogP contribution < -0.4 is 0 Å². The Balaban J connectivity index is 1.11. The zero-order chi connectivity index (χ0) is 36.6. The van der Waals surface area contributed by atoms with Gasteiger partial charge in [0.2, 0.25) is 5.69 Å². The lowest BCUT2D eigenvalue weighted by atomic mass is 10.0. The van der Waals surface area contributed by atoms with Gasteiger partial charge in [-0.05, 0) is 83.9 Å². The fourth-order valence-corrected chi connectivity index (χ4v) is 8.80. The van der Waals surface area contributed by atoms with Crippen molar-refractivity contribution < 1.29 is 0 Å². The third-order valence-electron chi connectivity index (χ3n) is 11.1. The summed E-state index contributed by atoms with van der Waals surface area (Å²) in [6.45, 7) is 8.58. The Labute approximate surface area is 316 Å². The van der Waals surface area contributed by atoms with Gasteiger partial charge in [-0.25, -0.2) is 4.85 Å². The maximum absolute atomic E-state index is 9.74. The van der Waals surface area contributed by atoms with Crippen molar-refractivity contribution in [3.05, 3.63) is 193 Å². The van der Waals surface area contributed by atoms with Crippen LogP contribution in [0.15, 0.2) is 176 Å². The molecule has 0 saturated heterocycles. The first-order valence-electron chi connectivity index (χ1n) is 18.3. The molecule has 11 aromatic rings. The van der Waals surface area contributed by atoms with Gasteiger partial charge in [-0.1, -0.05) is 103 Å². The van der Waals surface area contributed by atoms with E-state index in [0.717, 1.165) is 71.8 Å². The molecule has 3 aromatic heterocycles. The highest BCUT2D eigenvalue weighted by Crippen LogP contribution is 2.44. The van der Waals surface area contributed by atoms with Crippen LogP contribution >= 0.6 is 0 Å². The fourth-order valence-electron chi connectivity index (χ4n) is 8.80. The van der Waals surface area contributed by atoms with Gasteiger partial charge in [0.25, 0.3) is 0 Å². The number of nitriles is 1. The molecule has 0 saturated carbocycles. The third kappa shape index (κ3) is 4.39. The Kier molecular flexibility index (Phi) is 6.61. The molecule has 5 nitrogen and oxygen atoms in total. The molecule has 0 amide bonds. The molecule has 11 rings (SSSR count). The van der Waals surface area contributed by atoms with Gasteiger partial charge in [0, 0.05) is 38.0 Å². The Hall–Kier alpha value is -7.86. The number of hydrogen-bond acceptors (Lipinski definition) is 1. The van der Waals surface area contributed by atoms with E-state index >= 15 is 0 Å². The van der Waals surface area contributed by atoms with Crippen LogP contribution in [0.5, 0.6) is 0 Å². The van der Waals surface area contributed by atoms with Crippen molar-refractivity contribution in [2.24, 2.45) is 0 Å². The fraction of sp³-hybridized carbons (Fsp3) is 0. The van der Waals surface area contributed by atoms with E-state index in [-0.39, 0.29) is 0 Å². The monoisotopic (exact) mass is 699 g/mol. The lowest BCUT2D eigenvalue weighted by Crippen LogP contribution is -1.97. The van der Waals surface area contributed by atoms with Crippen molar-refractivity contribution in [1.29, 1.82) is 5.26 Å². The Bertz CT molecular complexity index is 3400. The second-order valence-electron chi connectivity index (χ2n) is 13.9. The van der Waals surface area contributed by atoms with Gasteiger partial charge in [-0.15, -0.1) is 0 Å². The zero-order valence-corrected chi connectivity index (χ0v) is 29.5. The van der Waals surface area contributed by atoms with Gasteiger partial charge in [-0.2, -0.15) is 5.26 Å². The Morgan fingerprint density at radius 2 is 0.945 bits per heavy atom. The van der Waals surface area contributed by atoms with E-state index < -0.39 is 0 Å². The highest BCUT2D eigenvalue weighted by Gasteiger charge is 2.22. The second kappa shape index (κ2) is 11.8. The molecular formula is C50H29N5. The summed E-state index contributed by atoms with van der Waals surface area (Å²) >= 11 is 0. The number of nitrogens with zero attached hydrogens (tertiary/aromatic N) is 5. The van der Waals surface area contributed by atoms with E-state index in [9.17, 15) is 5.26 Å². The molecule has 254 valence electrons. The summed E-state index contributed by atoms with van der Waals surface area (Å²) in [4.78, 5) is 4.23. The molecule has 0 unspecified atom stereocenters. The van der Waals surface area contributed by atoms with E-state index in [0.29, 0.717) is 11.3 Å². The molecule has 5 heteroatoms. The van der Waals surface area contributed by atoms with E-state index in [1.165, 1.54) is 21.8 Å². The lowest BCUT2D eigenvalue weighted by molar-refractivity contribution is 1.17. The summed E-state index contributed by atoms with van der Waals surface area (Å²) < 4.78 is 6.88. The van der Waals surface area contributed by atoms with Gasteiger partial charge in [-0.3, -0.25) is 0 Å². The average molecular weight is 700 g/mol. The quantitative estimate of drug-likeness (QED) is 0.169. The maximum Gasteiger partial charge on any atom is 0.218 e. The number of aromatic nitrogens is 3. The number of rotatable bonds is 4. The summed E-state index contributed by atoms with van der Waals surface area (Å²) in [6.07, 6.45) is 0. The van der Waals surface area contributed by atoms with E-state index in [1.807, 2.05) is 12.1 Å². The molecule has 0 N–H and O–H groups in total. The van der Waals surface area contributed by atoms with Crippen LogP contribution in [0.2, 0.25) is 0 Å². The molecule has 55 heavy (non-hydrogen) atoms. The highest BCUT2D eigenvalue weighted by molar-refractivity contribution is 6.17. The minimum absolute atomic E-state index is 0.598. The smallest absolute Gasteiger partial charge is 0.218 e. The summed E-state index contributed by atoms with van der Waals surface area (Å²) in [6, 6.07) is 63.4. The van der Waals surface area contributed by atoms with Crippen molar-refractivity contribution in [3.63, 3.8) is 0 Å². The lowest BCUT2D eigenvalue weighted by Gasteiger charge is -2.15. The van der Waals surface area contributed by atoms with Gasteiger partial charge >= 0.3 is 0 Å². The normalized spacial score (nSPS) is 11.6. The molecule has 3 heterocycles. The second-order valence-corrected chi connectivity index (χ2v) is 13.9. The molecule has 0 atom stereocenters. The molecule has 0 aliphatic carbocycles. The van der Waals surface area contributed by atoms with Crippen LogP contribution in [0, 0.1) is 17.9 Å². The molecule has 0 spiro atoms. The van der Waals surface area contributed by atoms with Crippen LogP contribution in [0.4, 0.5) is 5.69 Å². The average Bonchev–Trinajstić information content (AvgIpc) is 3.89.